The first-order valence-corrected chi connectivity index (χ1v) is 20.6. The maximum absolute atomic E-state index is 2.37. The molecule has 0 radical (unpaired) electrons. The maximum Gasteiger partial charge on any atom is 0.0462 e. The van der Waals surface area contributed by atoms with E-state index in [0.717, 1.165) is 29.9 Å². The molecule has 0 atom stereocenters. The maximum atomic E-state index is 2.37. The minimum Gasteiger partial charge on any atom is -0.311 e. The third-order valence-electron chi connectivity index (χ3n) is 12.1. The van der Waals surface area contributed by atoms with E-state index < -0.39 is 0 Å². The molecular weight excluding hydrogens is 711 g/mol. The minimum atomic E-state index is 1.11. The first kappa shape index (κ1) is 34.7. The van der Waals surface area contributed by atoms with E-state index in [-0.39, 0.29) is 0 Å². The lowest BCUT2D eigenvalue weighted by molar-refractivity contribution is 1.04. The van der Waals surface area contributed by atoms with E-state index >= 15 is 0 Å². The summed E-state index contributed by atoms with van der Waals surface area (Å²) in [5.41, 5.74) is 13.1. The van der Waals surface area contributed by atoms with Crippen LogP contribution < -0.4 is 4.90 Å². The van der Waals surface area contributed by atoms with Gasteiger partial charge in [0.05, 0.1) is 0 Å². The molecule has 0 heterocycles. The number of hydrogen-bond acceptors (Lipinski definition) is 1. The Morgan fingerprint density at radius 2 is 0.644 bits per heavy atom. The van der Waals surface area contributed by atoms with Gasteiger partial charge in [-0.05, 0) is 149 Å². The Morgan fingerprint density at radius 3 is 1.08 bits per heavy atom. The Labute approximate surface area is 345 Å². The quantitative estimate of drug-likeness (QED) is 0.147. The standard InChI is InChI=1S/C58H41N/c1-2-8-40(9-3-1)41-14-16-42(17-15-41)43-26-32-52(33-27-43)59(53-34-28-44(29-35-53)50-24-22-48-20-18-46-10-4-6-12-55(46)57(48)38-50)54-36-30-45(31-37-54)51-25-23-49-21-19-47-11-5-7-13-56(47)58(49)39-51/h2,4-39H,1,3H2. The summed E-state index contributed by atoms with van der Waals surface area (Å²) in [6, 6.07) is 75.9. The zero-order valence-corrected chi connectivity index (χ0v) is 32.7. The third-order valence-corrected chi connectivity index (χ3v) is 12.1. The van der Waals surface area contributed by atoms with E-state index in [4.69, 9.17) is 0 Å². The average molecular weight is 752 g/mol. The number of rotatable bonds is 7. The van der Waals surface area contributed by atoms with Crippen molar-refractivity contribution in [2.75, 3.05) is 4.90 Å². The third kappa shape index (κ3) is 6.57. The summed E-state index contributed by atoms with van der Waals surface area (Å²) in [5.74, 6) is 0. The molecule has 0 aromatic heterocycles. The zero-order valence-electron chi connectivity index (χ0n) is 32.7. The molecular formula is C58H41N. The van der Waals surface area contributed by atoms with E-state index in [9.17, 15) is 0 Å². The molecule has 0 spiro atoms. The highest BCUT2D eigenvalue weighted by molar-refractivity contribution is 6.10. The predicted octanol–water partition coefficient (Wildman–Crippen LogP) is 16.5. The molecule has 1 nitrogen and oxygen atoms in total. The first-order valence-electron chi connectivity index (χ1n) is 20.6. The van der Waals surface area contributed by atoms with Crippen LogP contribution in [-0.4, -0.2) is 0 Å². The lowest BCUT2D eigenvalue weighted by Gasteiger charge is -2.26. The molecule has 10 aromatic rings. The van der Waals surface area contributed by atoms with Crippen molar-refractivity contribution in [1.82, 2.24) is 0 Å². The second-order valence-corrected chi connectivity index (χ2v) is 15.6. The molecule has 1 aliphatic carbocycles. The van der Waals surface area contributed by atoms with Gasteiger partial charge < -0.3 is 4.90 Å². The number of nitrogens with zero attached hydrogens (tertiary/aromatic N) is 1. The van der Waals surface area contributed by atoms with Gasteiger partial charge in [-0.1, -0.05) is 176 Å². The summed E-state index contributed by atoms with van der Waals surface area (Å²) >= 11 is 0. The van der Waals surface area contributed by atoms with Crippen molar-refractivity contribution < 1.29 is 0 Å². The normalized spacial score (nSPS) is 12.6. The van der Waals surface area contributed by atoms with E-state index in [1.165, 1.54) is 87.6 Å². The molecule has 0 fully saturated rings. The van der Waals surface area contributed by atoms with Crippen molar-refractivity contribution in [3.63, 3.8) is 0 Å². The molecule has 0 saturated heterocycles. The molecule has 10 aromatic carbocycles. The molecule has 0 N–H and O–H groups in total. The summed E-state index contributed by atoms with van der Waals surface area (Å²) in [5, 5.41) is 10.2. The summed E-state index contributed by atoms with van der Waals surface area (Å²) in [6.07, 6.45) is 9.09. The first-order chi connectivity index (χ1) is 29.2. The van der Waals surface area contributed by atoms with Gasteiger partial charge in [-0.15, -0.1) is 0 Å². The molecule has 1 heteroatoms. The second-order valence-electron chi connectivity index (χ2n) is 15.6. The van der Waals surface area contributed by atoms with Crippen LogP contribution in [0.4, 0.5) is 17.1 Å². The summed E-state index contributed by atoms with van der Waals surface area (Å²) < 4.78 is 0. The van der Waals surface area contributed by atoms with Crippen LogP contribution >= 0.6 is 0 Å². The Bertz CT molecular complexity index is 3060. The highest BCUT2D eigenvalue weighted by atomic mass is 15.1. The van der Waals surface area contributed by atoms with Gasteiger partial charge in [0.25, 0.3) is 0 Å². The highest BCUT2D eigenvalue weighted by Gasteiger charge is 2.15. The van der Waals surface area contributed by atoms with Gasteiger partial charge in [0.1, 0.15) is 0 Å². The molecule has 0 bridgehead atoms. The Kier molecular flexibility index (Phi) is 8.71. The monoisotopic (exact) mass is 751 g/mol. The summed E-state index contributed by atoms with van der Waals surface area (Å²) in [7, 11) is 0. The van der Waals surface area contributed by atoms with Crippen molar-refractivity contribution in [3.05, 3.63) is 230 Å². The highest BCUT2D eigenvalue weighted by Crippen LogP contribution is 2.39. The lowest BCUT2D eigenvalue weighted by Crippen LogP contribution is -2.09. The van der Waals surface area contributed by atoms with Crippen LogP contribution in [0.5, 0.6) is 0 Å². The van der Waals surface area contributed by atoms with Crippen LogP contribution in [0.3, 0.4) is 0 Å². The van der Waals surface area contributed by atoms with Crippen molar-refractivity contribution in [3.8, 4) is 33.4 Å². The molecule has 11 rings (SSSR count). The Balaban J connectivity index is 0.952. The number of hydrogen-bond donors (Lipinski definition) is 0. The molecule has 0 saturated carbocycles. The van der Waals surface area contributed by atoms with Crippen LogP contribution in [-0.2, 0) is 0 Å². The zero-order chi connectivity index (χ0) is 39.1. The van der Waals surface area contributed by atoms with Crippen molar-refractivity contribution in [2.45, 2.75) is 12.8 Å². The molecule has 1 aliphatic rings. The predicted molar refractivity (Wildman–Crippen MR) is 254 cm³/mol. The van der Waals surface area contributed by atoms with Crippen molar-refractivity contribution in [1.29, 1.82) is 0 Å². The van der Waals surface area contributed by atoms with Gasteiger partial charge >= 0.3 is 0 Å². The van der Waals surface area contributed by atoms with Gasteiger partial charge in [0.15, 0.2) is 0 Å². The summed E-state index contributed by atoms with van der Waals surface area (Å²) in [6.45, 7) is 0. The minimum absolute atomic E-state index is 1.11. The van der Waals surface area contributed by atoms with Gasteiger partial charge in [-0.3, -0.25) is 0 Å². The van der Waals surface area contributed by atoms with Crippen molar-refractivity contribution >= 4 is 65.7 Å². The fourth-order valence-corrected chi connectivity index (χ4v) is 8.90. The van der Waals surface area contributed by atoms with Gasteiger partial charge in [-0.25, -0.2) is 0 Å². The van der Waals surface area contributed by atoms with E-state index in [0.29, 0.717) is 0 Å². The fraction of sp³-hybridized carbons (Fsp3) is 0.0345. The van der Waals surface area contributed by atoms with E-state index in [1.807, 2.05) is 0 Å². The van der Waals surface area contributed by atoms with E-state index in [1.54, 1.807) is 0 Å². The number of allylic oxidation sites excluding steroid dienone is 4. The SMILES string of the molecule is C1=CC(c2ccc(-c3ccc(N(c4ccc(-c5ccc6ccc7ccccc7c6c5)cc4)c4ccc(-c5ccc6ccc7ccccc7c6c5)cc4)cc3)cc2)=CCC1. The van der Waals surface area contributed by atoms with Gasteiger partial charge in [0.2, 0.25) is 0 Å². The fourth-order valence-electron chi connectivity index (χ4n) is 8.90. The molecule has 0 aliphatic heterocycles. The molecule has 59 heavy (non-hydrogen) atoms. The van der Waals surface area contributed by atoms with Crippen LogP contribution in [0.15, 0.2) is 224 Å². The number of fused-ring (bicyclic) bond motifs is 6. The van der Waals surface area contributed by atoms with Crippen LogP contribution in [0.25, 0.3) is 82.0 Å². The van der Waals surface area contributed by atoms with E-state index in [2.05, 4.69) is 229 Å². The van der Waals surface area contributed by atoms with Crippen molar-refractivity contribution in [2.24, 2.45) is 0 Å². The number of benzene rings is 10. The van der Waals surface area contributed by atoms with Crippen LogP contribution in [0, 0.1) is 0 Å². The smallest absolute Gasteiger partial charge is 0.0462 e. The van der Waals surface area contributed by atoms with Gasteiger partial charge in [-0.2, -0.15) is 0 Å². The average Bonchev–Trinajstić information content (AvgIpc) is 3.32. The topological polar surface area (TPSA) is 3.24 Å². The lowest BCUT2D eigenvalue weighted by atomic mass is 9.96. The largest absolute Gasteiger partial charge is 0.311 e. The molecule has 0 unspecified atom stereocenters. The summed E-state index contributed by atoms with van der Waals surface area (Å²) in [4.78, 5) is 2.37. The number of anilines is 3. The van der Waals surface area contributed by atoms with Gasteiger partial charge in [0, 0.05) is 17.1 Å². The molecule has 278 valence electrons. The van der Waals surface area contributed by atoms with Crippen LogP contribution in [0.2, 0.25) is 0 Å². The Hall–Kier alpha value is -7.48. The second kappa shape index (κ2) is 14.8. The van der Waals surface area contributed by atoms with Crippen LogP contribution in [0.1, 0.15) is 18.4 Å². The molecule has 0 amide bonds. The Morgan fingerprint density at radius 1 is 0.288 bits per heavy atom.